The predicted molar refractivity (Wildman–Crippen MR) is 105 cm³/mol. The van der Waals surface area contributed by atoms with E-state index in [9.17, 15) is 14.7 Å². The molecule has 3 atom stereocenters. The maximum absolute atomic E-state index is 13.3. The summed E-state index contributed by atoms with van der Waals surface area (Å²) in [5.74, 6) is -1.10. The molecule has 2 amide bonds. The van der Waals surface area contributed by atoms with Crippen LogP contribution in [0, 0.1) is 12.8 Å². The molecule has 2 heterocycles. The van der Waals surface area contributed by atoms with Crippen LogP contribution >= 0.6 is 0 Å². The van der Waals surface area contributed by atoms with Gasteiger partial charge in [0.05, 0.1) is 6.61 Å². The Morgan fingerprint density at radius 2 is 1.96 bits per heavy atom. The summed E-state index contributed by atoms with van der Waals surface area (Å²) in [5.41, 5.74) is 1.63. The number of rotatable bonds is 4. The Bertz CT molecular complexity index is 928. The molecule has 6 heteroatoms. The Morgan fingerprint density at radius 1 is 1.25 bits per heavy atom. The van der Waals surface area contributed by atoms with Crippen LogP contribution in [0.3, 0.4) is 0 Å². The zero-order valence-electron chi connectivity index (χ0n) is 16.0. The lowest BCUT2D eigenvalue weighted by atomic mass is 9.73. The quantitative estimate of drug-likeness (QED) is 0.800. The molecule has 0 spiro atoms. The first kappa shape index (κ1) is 18.5. The van der Waals surface area contributed by atoms with Crippen LogP contribution in [0.2, 0.25) is 0 Å². The third kappa shape index (κ3) is 2.94. The molecular formula is C22H24N2O4. The number of aliphatic hydroxyl groups is 1. The van der Waals surface area contributed by atoms with E-state index in [0.29, 0.717) is 17.9 Å². The van der Waals surface area contributed by atoms with Gasteiger partial charge in [0.2, 0.25) is 11.8 Å². The molecule has 2 aromatic rings. The number of hydrogen-bond acceptors (Lipinski definition) is 4. The molecule has 146 valence electrons. The Balaban J connectivity index is 1.74. The predicted octanol–water partition coefficient (Wildman–Crippen LogP) is 2.67. The van der Waals surface area contributed by atoms with Gasteiger partial charge in [-0.2, -0.15) is 0 Å². The Kier molecular flexibility index (Phi) is 4.59. The normalized spacial score (nSPS) is 25.7. The van der Waals surface area contributed by atoms with E-state index in [1.807, 2.05) is 62.4 Å². The van der Waals surface area contributed by atoms with Crippen LogP contribution in [0.15, 0.2) is 48.5 Å². The van der Waals surface area contributed by atoms with E-state index in [4.69, 9.17) is 4.74 Å². The van der Waals surface area contributed by atoms with Gasteiger partial charge in [0.1, 0.15) is 11.7 Å². The van der Waals surface area contributed by atoms with E-state index in [0.717, 1.165) is 11.1 Å². The number of nitrogens with zero attached hydrogens (tertiary/aromatic N) is 1. The minimum atomic E-state index is -0.877. The molecule has 6 nitrogen and oxygen atoms in total. The minimum Gasteiger partial charge on any atom is -0.468 e. The third-order valence-electron chi connectivity index (χ3n) is 5.76. The summed E-state index contributed by atoms with van der Waals surface area (Å²) in [6, 6.07) is 15.1. The van der Waals surface area contributed by atoms with Crippen molar-refractivity contribution in [2.75, 3.05) is 18.5 Å². The Morgan fingerprint density at radius 3 is 2.71 bits per heavy atom. The fraction of sp³-hybridized carbons (Fsp3) is 0.364. The number of likely N-dealkylation sites (tertiary alicyclic amines) is 1. The van der Waals surface area contributed by atoms with Crippen LogP contribution < -0.4 is 10.1 Å². The van der Waals surface area contributed by atoms with Gasteiger partial charge in [0.15, 0.2) is 5.72 Å². The van der Waals surface area contributed by atoms with E-state index >= 15 is 0 Å². The number of fused-ring (bicyclic) bond motifs is 4. The van der Waals surface area contributed by atoms with Crippen LogP contribution in [0.25, 0.3) is 0 Å². The molecule has 1 fully saturated rings. The third-order valence-corrected chi connectivity index (χ3v) is 5.76. The zero-order chi connectivity index (χ0) is 19.9. The fourth-order valence-electron chi connectivity index (χ4n) is 4.38. The molecule has 0 aromatic heterocycles. The average Bonchev–Trinajstić information content (AvgIpc) is 2.67. The minimum absolute atomic E-state index is 0.123. The van der Waals surface area contributed by atoms with Gasteiger partial charge < -0.3 is 20.1 Å². The maximum Gasteiger partial charge on any atom is 0.238 e. The Labute approximate surface area is 164 Å². The summed E-state index contributed by atoms with van der Waals surface area (Å²) in [6.07, 6.45) is 0.502. The number of benzene rings is 2. The molecule has 4 rings (SSSR count). The van der Waals surface area contributed by atoms with E-state index in [1.54, 1.807) is 0 Å². The Hall–Kier alpha value is -2.86. The second-order valence-electron chi connectivity index (χ2n) is 7.62. The van der Waals surface area contributed by atoms with E-state index in [-0.39, 0.29) is 30.9 Å². The zero-order valence-corrected chi connectivity index (χ0v) is 16.0. The first-order chi connectivity index (χ1) is 13.4. The number of aliphatic hydroxyl groups excluding tert-OH is 1. The summed E-state index contributed by atoms with van der Waals surface area (Å²) in [7, 11) is 0. The van der Waals surface area contributed by atoms with Crippen molar-refractivity contribution in [2.24, 2.45) is 5.92 Å². The molecule has 2 N–H and O–H groups in total. The van der Waals surface area contributed by atoms with Gasteiger partial charge in [-0.25, -0.2) is 0 Å². The van der Waals surface area contributed by atoms with Gasteiger partial charge in [-0.05, 0) is 37.1 Å². The highest BCUT2D eigenvalue weighted by Crippen LogP contribution is 2.50. The second-order valence-corrected chi connectivity index (χ2v) is 7.62. The number of β-amino-alcohol motifs (C(OH)–C–C–N with tert-alkyl or cyclic N) is 1. The first-order valence-corrected chi connectivity index (χ1v) is 9.51. The summed E-state index contributed by atoms with van der Waals surface area (Å²) in [6.45, 7) is 3.69. The fourth-order valence-corrected chi connectivity index (χ4v) is 4.38. The van der Waals surface area contributed by atoms with Gasteiger partial charge in [-0.3, -0.25) is 9.59 Å². The molecule has 0 radical (unpaired) electrons. The highest BCUT2D eigenvalue weighted by molar-refractivity contribution is 6.08. The molecule has 0 unspecified atom stereocenters. The number of aryl methyl sites for hydroxylation is 1. The topological polar surface area (TPSA) is 78.9 Å². The second kappa shape index (κ2) is 6.95. The van der Waals surface area contributed by atoms with Crippen molar-refractivity contribution in [1.82, 2.24) is 4.90 Å². The summed E-state index contributed by atoms with van der Waals surface area (Å²) in [4.78, 5) is 28.1. The van der Waals surface area contributed by atoms with Crippen molar-refractivity contribution in [2.45, 2.75) is 31.9 Å². The van der Waals surface area contributed by atoms with Crippen molar-refractivity contribution in [3.8, 4) is 5.75 Å². The number of anilines is 1. The van der Waals surface area contributed by atoms with Crippen LogP contribution in [-0.2, 0) is 9.59 Å². The van der Waals surface area contributed by atoms with E-state index in [2.05, 4.69) is 5.32 Å². The molecule has 0 aliphatic carbocycles. The number of ether oxygens (including phenoxy) is 1. The maximum atomic E-state index is 13.3. The molecule has 2 aliphatic rings. The largest absolute Gasteiger partial charge is 0.468 e. The monoisotopic (exact) mass is 380 g/mol. The standard InChI is InChI=1S/C22H24N2O4/c1-14-7-3-5-9-17(14)23-20(26)19-16-13-22(2,24(11-12-25)21(19)27)28-18-10-6-4-8-15(16)18/h3-10,16,19,25H,11-13H2,1-2H3,(H,23,26)/t16-,19+,22-/m1/s1. The molecule has 2 aliphatic heterocycles. The highest BCUT2D eigenvalue weighted by Gasteiger charge is 2.55. The SMILES string of the molecule is Cc1ccccc1NC(=O)[C@H]1C(=O)N(CCO)[C@@]2(C)C[C@@H]1c1ccccc1O2. The number of nitrogens with one attached hydrogen (secondary N) is 1. The number of piperidine rings is 1. The van der Waals surface area contributed by atoms with Crippen LogP contribution in [0.4, 0.5) is 5.69 Å². The summed E-state index contributed by atoms with van der Waals surface area (Å²) >= 11 is 0. The highest BCUT2D eigenvalue weighted by atomic mass is 16.5. The van der Waals surface area contributed by atoms with Gasteiger partial charge in [-0.1, -0.05) is 36.4 Å². The molecule has 2 aromatic carbocycles. The summed E-state index contributed by atoms with van der Waals surface area (Å²) in [5, 5.41) is 12.4. The lowest BCUT2D eigenvalue weighted by Gasteiger charge is -2.52. The number of carbonyl (C=O) groups is 2. The molecule has 1 saturated heterocycles. The number of carbonyl (C=O) groups excluding carboxylic acids is 2. The van der Waals surface area contributed by atoms with Crippen molar-refractivity contribution < 1.29 is 19.4 Å². The smallest absolute Gasteiger partial charge is 0.238 e. The van der Waals surface area contributed by atoms with Gasteiger partial charge in [-0.15, -0.1) is 0 Å². The van der Waals surface area contributed by atoms with Crippen molar-refractivity contribution in [3.63, 3.8) is 0 Å². The van der Waals surface area contributed by atoms with Crippen molar-refractivity contribution in [3.05, 3.63) is 59.7 Å². The van der Waals surface area contributed by atoms with Gasteiger partial charge in [0, 0.05) is 24.6 Å². The number of amides is 2. The van der Waals surface area contributed by atoms with Gasteiger partial charge >= 0.3 is 0 Å². The van der Waals surface area contributed by atoms with Crippen molar-refractivity contribution >= 4 is 17.5 Å². The van der Waals surface area contributed by atoms with Crippen molar-refractivity contribution in [1.29, 1.82) is 0 Å². The van der Waals surface area contributed by atoms with Gasteiger partial charge in [0.25, 0.3) is 0 Å². The lowest BCUT2D eigenvalue weighted by molar-refractivity contribution is -0.176. The molecule has 0 saturated carbocycles. The average molecular weight is 380 g/mol. The molecule has 2 bridgehead atoms. The molecule has 28 heavy (non-hydrogen) atoms. The van der Waals surface area contributed by atoms with E-state index < -0.39 is 11.6 Å². The molecular weight excluding hydrogens is 356 g/mol. The number of para-hydroxylation sites is 2. The van der Waals surface area contributed by atoms with Crippen LogP contribution in [0.5, 0.6) is 5.75 Å². The summed E-state index contributed by atoms with van der Waals surface area (Å²) < 4.78 is 6.15. The van der Waals surface area contributed by atoms with E-state index in [1.165, 1.54) is 4.90 Å². The first-order valence-electron chi connectivity index (χ1n) is 9.51. The number of hydrogen-bond donors (Lipinski definition) is 2. The van der Waals surface area contributed by atoms with Crippen LogP contribution in [0.1, 0.15) is 30.4 Å². The lowest BCUT2D eigenvalue weighted by Crippen LogP contribution is -2.64. The van der Waals surface area contributed by atoms with Crippen LogP contribution in [-0.4, -0.2) is 40.7 Å².